The molecule has 0 aliphatic heterocycles. The van der Waals surface area contributed by atoms with E-state index in [1.54, 1.807) is 24.8 Å². The summed E-state index contributed by atoms with van der Waals surface area (Å²) in [6.07, 6.45) is 9.11. The molecule has 2 heteroatoms. The number of nitrogens with zero attached hydrogens (tertiary/aromatic N) is 2. The van der Waals surface area contributed by atoms with Crippen molar-refractivity contribution in [1.82, 2.24) is 9.97 Å². The Kier molecular flexibility index (Phi) is 5.18. The summed E-state index contributed by atoms with van der Waals surface area (Å²) < 4.78 is 0. The Bertz CT molecular complexity index is 1030. The zero-order valence-corrected chi connectivity index (χ0v) is 16.2. The van der Waals surface area contributed by atoms with E-state index in [2.05, 4.69) is 50.5 Å². The van der Waals surface area contributed by atoms with E-state index in [1.165, 1.54) is 22.3 Å². The molecule has 0 saturated carbocycles. The van der Waals surface area contributed by atoms with Gasteiger partial charge in [0.1, 0.15) is 0 Å². The first-order valence-electron chi connectivity index (χ1n) is 8.92. The highest BCUT2D eigenvalue weighted by atomic mass is 14.6. The van der Waals surface area contributed by atoms with Crippen LogP contribution in [-0.2, 0) is 0 Å². The number of pyridine rings is 2. The molecule has 0 spiro atoms. The van der Waals surface area contributed by atoms with Crippen LogP contribution < -0.4 is 0 Å². The molecule has 0 aliphatic rings. The molecule has 3 rings (SSSR count). The van der Waals surface area contributed by atoms with E-state index in [4.69, 9.17) is 0 Å². The van der Waals surface area contributed by atoms with Gasteiger partial charge in [-0.15, -0.1) is 0 Å². The summed E-state index contributed by atoms with van der Waals surface area (Å²) in [5.74, 6) is 0. The minimum atomic E-state index is 0.983. The van der Waals surface area contributed by atoms with Gasteiger partial charge in [0, 0.05) is 24.8 Å². The molecule has 134 valence electrons. The summed E-state index contributed by atoms with van der Waals surface area (Å²) in [5.41, 5.74) is 11.1. The average molecular weight is 352 g/mol. The van der Waals surface area contributed by atoms with Gasteiger partial charge >= 0.3 is 0 Å². The van der Waals surface area contributed by atoms with Crippen molar-refractivity contribution in [3.05, 3.63) is 113 Å². The van der Waals surface area contributed by atoms with Crippen LogP contribution in [0.1, 0.15) is 44.5 Å². The molecular formula is C25H24N2. The first-order valence-corrected chi connectivity index (χ1v) is 8.92. The summed E-state index contributed by atoms with van der Waals surface area (Å²) >= 11 is 0. The molecule has 0 saturated heterocycles. The van der Waals surface area contributed by atoms with Crippen molar-refractivity contribution in [2.24, 2.45) is 0 Å². The van der Waals surface area contributed by atoms with Crippen LogP contribution in [-0.4, -0.2) is 9.97 Å². The van der Waals surface area contributed by atoms with Crippen LogP contribution in [0.4, 0.5) is 0 Å². The number of hydrogen-bond donors (Lipinski definition) is 0. The number of rotatable bonds is 5. The van der Waals surface area contributed by atoms with E-state index in [1.807, 2.05) is 30.3 Å². The lowest BCUT2D eigenvalue weighted by atomic mass is 9.81. The molecule has 0 N–H and O–H groups in total. The van der Waals surface area contributed by atoms with Gasteiger partial charge in [-0.3, -0.25) is 9.97 Å². The first-order chi connectivity index (χ1) is 13.0. The van der Waals surface area contributed by atoms with Gasteiger partial charge in [-0.1, -0.05) is 25.8 Å². The molecule has 0 amide bonds. The molecule has 1 aromatic carbocycles. The fourth-order valence-corrected chi connectivity index (χ4v) is 3.67. The fourth-order valence-electron chi connectivity index (χ4n) is 3.67. The van der Waals surface area contributed by atoms with Gasteiger partial charge in [-0.2, -0.15) is 0 Å². The van der Waals surface area contributed by atoms with Gasteiger partial charge in [-0.05, 0) is 101 Å². The van der Waals surface area contributed by atoms with Crippen molar-refractivity contribution in [2.75, 3.05) is 0 Å². The highest BCUT2D eigenvalue weighted by Crippen LogP contribution is 2.38. The van der Waals surface area contributed by atoms with Crippen LogP contribution in [0.25, 0.3) is 17.2 Å². The summed E-state index contributed by atoms with van der Waals surface area (Å²) in [6, 6.07) is 7.97. The van der Waals surface area contributed by atoms with Crippen molar-refractivity contribution in [2.45, 2.75) is 20.8 Å². The second-order valence-electron chi connectivity index (χ2n) is 6.67. The Morgan fingerprint density at radius 1 is 0.704 bits per heavy atom. The second kappa shape index (κ2) is 7.55. The van der Waals surface area contributed by atoms with Crippen LogP contribution in [0.15, 0.2) is 68.8 Å². The molecule has 3 aromatic rings. The van der Waals surface area contributed by atoms with Gasteiger partial charge in [0.05, 0.1) is 0 Å². The lowest BCUT2D eigenvalue weighted by molar-refractivity contribution is 1.23. The van der Waals surface area contributed by atoms with E-state index >= 15 is 0 Å². The zero-order valence-electron chi connectivity index (χ0n) is 16.2. The summed E-state index contributed by atoms with van der Waals surface area (Å²) in [5, 5.41) is 0. The topological polar surface area (TPSA) is 25.8 Å². The van der Waals surface area contributed by atoms with Crippen molar-refractivity contribution in [3.63, 3.8) is 0 Å². The lowest BCUT2D eigenvalue weighted by Gasteiger charge is -2.23. The molecule has 2 nitrogen and oxygen atoms in total. The van der Waals surface area contributed by atoms with Crippen LogP contribution in [0.3, 0.4) is 0 Å². The van der Waals surface area contributed by atoms with Crippen molar-refractivity contribution >= 4 is 17.2 Å². The fraction of sp³-hybridized carbons (Fsp3) is 0.120. The van der Waals surface area contributed by atoms with Gasteiger partial charge in [0.2, 0.25) is 0 Å². The molecule has 0 bridgehead atoms. The van der Waals surface area contributed by atoms with Crippen molar-refractivity contribution < 1.29 is 0 Å². The average Bonchev–Trinajstić information content (AvgIpc) is 2.71. The van der Waals surface area contributed by atoms with E-state index in [-0.39, 0.29) is 0 Å². The number of aromatic nitrogens is 2. The summed E-state index contributed by atoms with van der Waals surface area (Å²) in [6.45, 7) is 19.3. The number of hydrogen-bond acceptors (Lipinski definition) is 2. The lowest BCUT2D eigenvalue weighted by Crippen LogP contribution is -2.05. The minimum absolute atomic E-state index is 0.983. The predicted molar refractivity (Wildman–Crippen MR) is 115 cm³/mol. The van der Waals surface area contributed by atoms with Crippen molar-refractivity contribution in [3.8, 4) is 0 Å². The molecule has 2 aromatic heterocycles. The highest BCUT2D eigenvalue weighted by molar-refractivity contribution is 5.91. The maximum Gasteiger partial charge on any atom is 0.0273 e. The maximum atomic E-state index is 4.37. The van der Waals surface area contributed by atoms with Gasteiger partial charge in [0.25, 0.3) is 0 Å². The third-order valence-corrected chi connectivity index (χ3v) is 5.23. The van der Waals surface area contributed by atoms with Crippen LogP contribution in [0.5, 0.6) is 0 Å². The normalized spacial score (nSPS) is 10.5. The monoisotopic (exact) mass is 352 g/mol. The standard InChI is InChI=1S/C25H24N2/c1-7-23-20(6)24(18(4)21-8-12-26-13-9-21)16(2)17(3)25(23)19(5)22-10-14-27-15-11-22/h7-15H,1,4-5H2,2-3,6H3. The van der Waals surface area contributed by atoms with Gasteiger partial charge in [0.15, 0.2) is 0 Å². The molecule has 27 heavy (non-hydrogen) atoms. The van der Waals surface area contributed by atoms with E-state index in [0.717, 1.165) is 33.4 Å². The molecule has 2 heterocycles. The predicted octanol–water partition coefficient (Wildman–Crippen LogP) is 6.17. The molecule has 0 radical (unpaired) electrons. The van der Waals surface area contributed by atoms with Crippen LogP contribution in [0.2, 0.25) is 0 Å². The molecule has 0 aliphatic carbocycles. The Balaban J connectivity index is 2.24. The summed E-state index contributed by atoms with van der Waals surface area (Å²) in [4.78, 5) is 8.23. The smallest absolute Gasteiger partial charge is 0.0273 e. The first kappa shape index (κ1) is 18.5. The molecule has 0 fully saturated rings. The molecule has 0 atom stereocenters. The molecule has 0 unspecified atom stereocenters. The summed E-state index contributed by atoms with van der Waals surface area (Å²) in [7, 11) is 0. The Morgan fingerprint density at radius 2 is 1.11 bits per heavy atom. The maximum absolute atomic E-state index is 4.37. The third-order valence-electron chi connectivity index (χ3n) is 5.23. The number of benzene rings is 1. The zero-order chi connectivity index (χ0) is 19.6. The third kappa shape index (κ3) is 3.26. The Hall–Kier alpha value is -3.26. The molecular weight excluding hydrogens is 328 g/mol. The van der Waals surface area contributed by atoms with Crippen LogP contribution in [0, 0.1) is 20.8 Å². The minimum Gasteiger partial charge on any atom is -0.265 e. The van der Waals surface area contributed by atoms with E-state index in [0.29, 0.717) is 0 Å². The SMILES string of the molecule is C=Cc1c(C)c(C(=C)c2ccncc2)c(C)c(C)c1C(=C)c1ccncc1. The van der Waals surface area contributed by atoms with E-state index in [9.17, 15) is 0 Å². The highest BCUT2D eigenvalue weighted by Gasteiger charge is 2.20. The quantitative estimate of drug-likeness (QED) is 0.549. The Labute approximate surface area is 161 Å². The van der Waals surface area contributed by atoms with E-state index < -0.39 is 0 Å². The van der Waals surface area contributed by atoms with Gasteiger partial charge < -0.3 is 0 Å². The van der Waals surface area contributed by atoms with Gasteiger partial charge in [-0.25, -0.2) is 0 Å². The second-order valence-corrected chi connectivity index (χ2v) is 6.67. The Morgan fingerprint density at radius 3 is 1.56 bits per heavy atom. The van der Waals surface area contributed by atoms with Crippen LogP contribution >= 0.6 is 0 Å². The largest absolute Gasteiger partial charge is 0.265 e. The van der Waals surface area contributed by atoms with Crippen molar-refractivity contribution in [1.29, 1.82) is 0 Å².